The summed E-state index contributed by atoms with van der Waals surface area (Å²) in [5.74, 6) is 0.393. The van der Waals surface area contributed by atoms with Crippen LogP contribution in [0.15, 0.2) is 0 Å². The number of rotatable bonds is 2. The van der Waals surface area contributed by atoms with E-state index in [0.717, 1.165) is 57.4 Å². The third kappa shape index (κ3) is 3.37. The SMILES string of the molecule is O=C(c1nc(C(=O)N2CCOCC2)n2c1CCCC2)N1CCCCCC1. The summed E-state index contributed by atoms with van der Waals surface area (Å²) in [7, 11) is 0. The van der Waals surface area contributed by atoms with E-state index in [1.807, 2.05) is 9.47 Å². The Balaban J connectivity index is 1.63. The zero-order valence-electron chi connectivity index (χ0n) is 15.4. The van der Waals surface area contributed by atoms with E-state index in [9.17, 15) is 9.59 Å². The van der Waals surface area contributed by atoms with Gasteiger partial charge in [0.05, 0.1) is 18.9 Å². The minimum absolute atomic E-state index is 0.0126. The van der Waals surface area contributed by atoms with Gasteiger partial charge in [0.25, 0.3) is 11.8 Å². The van der Waals surface area contributed by atoms with Gasteiger partial charge >= 0.3 is 0 Å². The average molecular weight is 360 g/mol. The van der Waals surface area contributed by atoms with Gasteiger partial charge in [0.2, 0.25) is 0 Å². The number of carbonyl (C=O) groups is 2. The van der Waals surface area contributed by atoms with E-state index in [1.165, 1.54) is 12.8 Å². The van der Waals surface area contributed by atoms with E-state index in [2.05, 4.69) is 4.98 Å². The fourth-order valence-electron chi connectivity index (χ4n) is 4.21. The van der Waals surface area contributed by atoms with Gasteiger partial charge in [-0.2, -0.15) is 0 Å². The standard InChI is InChI=1S/C19H28N4O3/c24-18(21-8-4-1-2-5-9-21)16-15-7-3-6-10-23(15)17(20-16)19(25)22-11-13-26-14-12-22/h1-14H2. The van der Waals surface area contributed by atoms with Crippen LogP contribution < -0.4 is 0 Å². The Morgan fingerprint density at radius 3 is 2.15 bits per heavy atom. The van der Waals surface area contributed by atoms with Gasteiger partial charge in [-0.05, 0) is 32.1 Å². The third-order valence-electron chi connectivity index (χ3n) is 5.70. The predicted molar refractivity (Wildman–Crippen MR) is 96.3 cm³/mol. The number of fused-ring (bicyclic) bond motifs is 1. The van der Waals surface area contributed by atoms with Gasteiger partial charge < -0.3 is 19.1 Å². The van der Waals surface area contributed by atoms with Crippen molar-refractivity contribution in [2.75, 3.05) is 39.4 Å². The molecule has 3 aliphatic rings. The summed E-state index contributed by atoms with van der Waals surface area (Å²) in [5, 5.41) is 0. The van der Waals surface area contributed by atoms with Crippen LogP contribution in [0.4, 0.5) is 0 Å². The molecule has 0 radical (unpaired) electrons. The van der Waals surface area contributed by atoms with Crippen LogP contribution in [-0.2, 0) is 17.7 Å². The second kappa shape index (κ2) is 7.78. The van der Waals surface area contributed by atoms with Gasteiger partial charge in [-0.3, -0.25) is 9.59 Å². The Morgan fingerprint density at radius 2 is 1.42 bits per heavy atom. The maximum absolute atomic E-state index is 13.1. The van der Waals surface area contributed by atoms with Crippen molar-refractivity contribution in [3.05, 3.63) is 17.2 Å². The summed E-state index contributed by atoms with van der Waals surface area (Å²) in [6.07, 6.45) is 7.40. The molecule has 1 aromatic rings. The highest BCUT2D eigenvalue weighted by molar-refractivity contribution is 5.97. The molecule has 2 fully saturated rings. The molecular formula is C19H28N4O3. The highest BCUT2D eigenvalue weighted by Gasteiger charge is 2.32. The molecule has 2 saturated heterocycles. The molecule has 0 N–H and O–H groups in total. The fourth-order valence-corrected chi connectivity index (χ4v) is 4.21. The molecular weight excluding hydrogens is 332 g/mol. The smallest absolute Gasteiger partial charge is 0.290 e. The quantitative estimate of drug-likeness (QED) is 0.805. The van der Waals surface area contributed by atoms with E-state index in [-0.39, 0.29) is 11.8 Å². The van der Waals surface area contributed by atoms with Crippen molar-refractivity contribution >= 4 is 11.8 Å². The highest BCUT2D eigenvalue weighted by Crippen LogP contribution is 2.24. The lowest BCUT2D eigenvalue weighted by atomic mass is 10.1. The fraction of sp³-hybridized carbons (Fsp3) is 0.737. The molecule has 0 saturated carbocycles. The van der Waals surface area contributed by atoms with Crippen molar-refractivity contribution in [3.63, 3.8) is 0 Å². The van der Waals surface area contributed by atoms with E-state index in [4.69, 9.17) is 4.74 Å². The molecule has 4 heterocycles. The molecule has 0 bridgehead atoms. The second-order valence-electron chi connectivity index (χ2n) is 7.45. The van der Waals surface area contributed by atoms with Gasteiger partial charge in [0, 0.05) is 32.7 Å². The molecule has 7 nitrogen and oxygen atoms in total. The summed E-state index contributed by atoms with van der Waals surface area (Å²) in [6.45, 7) is 4.71. The van der Waals surface area contributed by atoms with E-state index < -0.39 is 0 Å². The molecule has 4 rings (SSSR count). The van der Waals surface area contributed by atoms with Crippen molar-refractivity contribution in [1.29, 1.82) is 0 Å². The van der Waals surface area contributed by atoms with Gasteiger partial charge in [0.15, 0.2) is 5.82 Å². The second-order valence-corrected chi connectivity index (χ2v) is 7.45. The zero-order valence-corrected chi connectivity index (χ0v) is 15.4. The molecule has 0 unspecified atom stereocenters. The van der Waals surface area contributed by atoms with Crippen molar-refractivity contribution in [2.24, 2.45) is 0 Å². The molecule has 3 aliphatic heterocycles. The molecule has 1 aromatic heterocycles. The molecule has 2 amide bonds. The number of hydrogen-bond acceptors (Lipinski definition) is 4. The molecule has 26 heavy (non-hydrogen) atoms. The molecule has 0 atom stereocenters. The Morgan fingerprint density at radius 1 is 0.769 bits per heavy atom. The molecule has 0 spiro atoms. The molecule has 0 aliphatic carbocycles. The van der Waals surface area contributed by atoms with Crippen molar-refractivity contribution < 1.29 is 14.3 Å². The highest BCUT2D eigenvalue weighted by atomic mass is 16.5. The normalized spacial score (nSPS) is 21.2. The summed E-state index contributed by atoms with van der Waals surface area (Å²) in [6, 6.07) is 0. The van der Waals surface area contributed by atoms with Crippen molar-refractivity contribution in [2.45, 2.75) is 51.5 Å². The number of hydrogen-bond donors (Lipinski definition) is 0. The number of likely N-dealkylation sites (tertiary alicyclic amines) is 1. The number of aromatic nitrogens is 2. The topological polar surface area (TPSA) is 67.7 Å². The summed E-state index contributed by atoms with van der Waals surface area (Å²) in [4.78, 5) is 34.5. The van der Waals surface area contributed by atoms with Gasteiger partial charge in [-0.15, -0.1) is 0 Å². The largest absolute Gasteiger partial charge is 0.378 e. The lowest BCUT2D eigenvalue weighted by molar-refractivity contribution is 0.0291. The number of ether oxygens (including phenoxy) is 1. The average Bonchev–Trinajstić information content (AvgIpc) is 2.87. The number of nitrogens with zero attached hydrogens (tertiary/aromatic N) is 4. The minimum atomic E-state index is -0.0635. The summed E-state index contributed by atoms with van der Waals surface area (Å²) < 4.78 is 7.36. The summed E-state index contributed by atoms with van der Waals surface area (Å²) in [5.41, 5.74) is 1.48. The Labute approximate surface area is 154 Å². The third-order valence-corrected chi connectivity index (χ3v) is 5.70. The predicted octanol–water partition coefficient (Wildman–Crippen LogP) is 1.71. The monoisotopic (exact) mass is 360 g/mol. The van der Waals surface area contributed by atoms with Gasteiger partial charge in [0.1, 0.15) is 5.69 Å². The Kier molecular flexibility index (Phi) is 5.24. The van der Waals surface area contributed by atoms with E-state index in [1.54, 1.807) is 4.90 Å². The molecule has 7 heteroatoms. The van der Waals surface area contributed by atoms with Crippen LogP contribution in [0.25, 0.3) is 0 Å². The number of morpholine rings is 1. The minimum Gasteiger partial charge on any atom is -0.378 e. The van der Waals surface area contributed by atoms with Crippen molar-refractivity contribution in [1.82, 2.24) is 19.4 Å². The lowest BCUT2D eigenvalue weighted by Gasteiger charge is -2.27. The van der Waals surface area contributed by atoms with Crippen LogP contribution in [0.1, 0.15) is 65.3 Å². The van der Waals surface area contributed by atoms with Crippen LogP contribution >= 0.6 is 0 Å². The van der Waals surface area contributed by atoms with Gasteiger partial charge in [-0.25, -0.2) is 4.98 Å². The summed E-state index contributed by atoms with van der Waals surface area (Å²) >= 11 is 0. The van der Waals surface area contributed by atoms with E-state index in [0.29, 0.717) is 37.8 Å². The Bertz CT molecular complexity index is 671. The number of imidazole rings is 1. The first-order valence-corrected chi connectivity index (χ1v) is 10.0. The number of carbonyl (C=O) groups excluding carboxylic acids is 2. The lowest BCUT2D eigenvalue weighted by Crippen LogP contribution is -2.42. The maximum atomic E-state index is 13.1. The molecule has 0 aromatic carbocycles. The Hall–Kier alpha value is -1.89. The maximum Gasteiger partial charge on any atom is 0.290 e. The first kappa shape index (κ1) is 17.5. The van der Waals surface area contributed by atoms with Gasteiger partial charge in [-0.1, -0.05) is 12.8 Å². The van der Waals surface area contributed by atoms with Crippen LogP contribution in [-0.4, -0.2) is 70.6 Å². The first-order valence-electron chi connectivity index (χ1n) is 10.0. The zero-order chi connectivity index (χ0) is 17.9. The number of amides is 2. The van der Waals surface area contributed by atoms with Crippen LogP contribution in [0.2, 0.25) is 0 Å². The van der Waals surface area contributed by atoms with E-state index >= 15 is 0 Å². The van der Waals surface area contributed by atoms with Crippen LogP contribution in [0, 0.1) is 0 Å². The van der Waals surface area contributed by atoms with Crippen LogP contribution in [0.3, 0.4) is 0 Å². The van der Waals surface area contributed by atoms with Crippen molar-refractivity contribution in [3.8, 4) is 0 Å². The molecule has 142 valence electrons. The first-order chi connectivity index (χ1) is 12.8. The van der Waals surface area contributed by atoms with Crippen LogP contribution in [0.5, 0.6) is 0 Å².